The van der Waals surface area contributed by atoms with E-state index >= 15 is 0 Å². The Morgan fingerprint density at radius 3 is 2.40 bits per heavy atom. The van der Waals surface area contributed by atoms with Crippen LogP contribution in [0.3, 0.4) is 0 Å². The van der Waals surface area contributed by atoms with Crippen molar-refractivity contribution in [2.24, 2.45) is 11.7 Å². The second-order valence-electron chi connectivity index (χ2n) is 5.65. The van der Waals surface area contributed by atoms with E-state index in [0.29, 0.717) is 13.0 Å². The highest BCUT2D eigenvalue weighted by molar-refractivity contribution is 9.10. The predicted molar refractivity (Wildman–Crippen MR) is 82.1 cm³/mol. The molecular formula is C15H21BrN2O2. The Kier molecular flexibility index (Phi) is 4.39. The molecule has 1 amide bonds. The van der Waals surface area contributed by atoms with Crippen LogP contribution in [-0.2, 0) is 4.74 Å². The van der Waals surface area contributed by atoms with Crippen molar-refractivity contribution in [3.63, 3.8) is 0 Å². The van der Waals surface area contributed by atoms with Crippen molar-refractivity contribution in [1.82, 2.24) is 4.90 Å². The molecule has 0 aliphatic carbocycles. The van der Waals surface area contributed by atoms with Gasteiger partial charge in [0.1, 0.15) is 0 Å². The number of amides is 1. The second-order valence-corrected chi connectivity index (χ2v) is 6.56. The molecule has 0 unspecified atom stereocenters. The summed E-state index contributed by atoms with van der Waals surface area (Å²) in [6.45, 7) is 6.57. The van der Waals surface area contributed by atoms with Crippen LogP contribution in [0.5, 0.6) is 0 Å². The van der Waals surface area contributed by atoms with E-state index in [1.165, 1.54) is 0 Å². The maximum atomic E-state index is 12.2. The topological polar surface area (TPSA) is 55.6 Å². The summed E-state index contributed by atoms with van der Waals surface area (Å²) >= 11 is 3.41. The van der Waals surface area contributed by atoms with Gasteiger partial charge in [0.2, 0.25) is 0 Å². The minimum absolute atomic E-state index is 0.0210. The lowest BCUT2D eigenvalue weighted by Gasteiger charge is -2.43. The molecule has 1 aliphatic rings. The highest BCUT2D eigenvalue weighted by Gasteiger charge is 2.41. The smallest absolute Gasteiger partial charge is 0.412 e. The minimum Gasteiger partial charge on any atom is -0.428 e. The van der Waals surface area contributed by atoms with Crippen LogP contribution in [-0.4, -0.2) is 23.3 Å². The van der Waals surface area contributed by atoms with Crippen LogP contribution in [0.4, 0.5) is 4.79 Å². The molecule has 0 aromatic heterocycles. The molecule has 2 N–H and O–H groups in total. The van der Waals surface area contributed by atoms with E-state index < -0.39 is 5.72 Å². The molecule has 5 heteroatoms. The summed E-state index contributed by atoms with van der Waals surface area (Å²) in [4.78, 5) is 13.9. The summed E-state index contributed by atoms with van der Waals surface area (Å²) < 4.78 is 6.49. The van der Waals surface area contributed by atoms with Crippen molar-refractivity contribution >= 4 is 22.0 Å². The quantitative estimate of drug-likeness (QED) is 0.913. The van der Waals surface area contributed by atoms with Crippen molar-refractivity contribution in [3.05, 3.63) is 34.3 Å². The van der Waals surface area contributed by atoms with Gasteiger partial charge in [0, 0.05) is 23.4 Å². The van der Waals surface area contributed by atoms with E-state index in [4.69, 9.17) is 10.5 Å². The number of ether oxygens (including phenoxy) is 1. The molecule has 1 aliphatic heterocycles. The van der Waals surface area contributed by atoms with Crippen molar-refractivity contribution < 1.29 is 9.53 Å². The Bertz CT molecular complexity index is 489. The molecule has 110 valence electrons. The van der Waals surface area contributed by atoms with Crippen molar-refractivity contribution in [2.75, 3.05) is 6.54 Å². The number of halogens is 1. The third-order valence-electron chi connectivity index (χ3n) is 4.05. The molecule has 0 spiro atoms. The number of carbonyl (C=O) groups excluding carboxylic acids is 1. The van der Waals surface area contributed by atoms with E-state index in [9.17, 15) is 4.79 Å². The van der Waals surface area contributed by atoms with E-state index in [-0.39, 0.29) is 18.1 Å². The van der Waals surface area contributed by atoms with Gasteiger partial charge in [0.05, 0.1) is 6.04 Å². The fraction of sp³-hybridized carbons (Fsp3) is 0.533. The molecular weight excluding hydrogens is 320 g/mol. The number of rotatable bonds is 3. The number of nitrogens with two attached hydrogens (primary N) is 1. The highest BCUT2D eigenvalue weighted by Crippen LogP contribution is 2.31. The molecule has 0 bridgehead atoms. The average molecular weight is 341 g/mol. The normalized spacial score (nSPS) is 24.7. The van der Waals surface area contributed by atoms with Gasteiger partial charge in [0.25, 0.3) is 0 Å². The van der Waals surface area contributed by atoms with E-state index in [1.54, 1.807) is 4.90 Å². The predicted octanol–water partition coefficient (Wildman–Crippen LogP) is 3.66. The Hall–Kier alpha value is -1.07. The van der Waals surface area contributed by atoms with Crippen LogP contribution in [0.15, 0.2) is 28.7 Å². The van der Waals surface area contributed by atoms with Gasteiger partial charge in [-0.05, 0) is 24.6 Å². The number of hydrogen-bond donors (Lipinski definition) is 1. The van der Waals surface area contributed by atoms with Gasteiger partial charge in [-0.15, -0.1) is 0 Å². The number of cyclic esters (lactones) is 1. The first-order chi connectivity index (χ1) is 9.33. The second kappa shape index (κ2) is 5.74. The third-order valence-corrected chi connectivity index (χ3v) is 4.58. The molecule has 1 aromatic rings. The van der Waals surface area contributed by atoms with Crippen LogP contribution in [0.1, 0.15) is 38.8 Å². The Morgan fingerprint density at radius 1 is 1.30 bits per heavy atom. The van der Waals surface area contributed by atoms with Crippen molar-refractivity contribution in [1.29, 1.82) is 0 Å². The first-order valence-electron chi connectivity index (χ1n) is 6.87. The van der Waals surface area contributed by atoms with E-state index in [1.807, 2.05) is 45.0 Å². The summed E-state index contributed by atoms with van der Waals surface area (Å²) in [5.74, 6) is 0.108. The van der Waals surface area contributed by atoms with Gasteiger partial charge in [-0.3, -0.25) is 5.73 Å². The van der Waals surface area contributed by atoms with Gasteiger partial charge in [-0.25, -0.2) is 4.79 Å². The summed E-state index contributed by atoms with van der Waals surface area (Å²) in [5, 5.41) is 0. The zero-order valence-corrected chi connectivity index (χ0v) is 13.7. The first kappa shape index (κ1) is 15.3. The summed E-state index contributed by atoms with van der Waals surface area (Å²) in [7, 11) is 0. The lowest BCUT2D eigenvalue weighted by atomic mass is 9.95. The number of benzene rings is 1. The maximum Gasteiger partial charge on any atom is 0.412 e. The van der Waals surface area contributed by atoms with Crippen molar-refractivity contribution in [3.8, 4) is 0 Å². The summed E-state index contributed by atoms with van der Waals surface area (Å²) in [5.41, 5.74) is 6.38. The maximum absolute atomic E-state index is 12.2. The van der Waals surface area contributed by atoms with Crippen LogP contribution in [0, 0.1) is 5.92 Å². The monoisotopic (exact) mass is 340 g/mol. The van der Waals surface area contributed by atoms with Crippen molar-refractivity contribution in [2.45, 2.75) is 39.0 Å². The molecule has 2 atom stereocenters. The van der Waals surface area contributed by atoms with Gasteiger partial charge < -0.3 is 9.64 Å². The molecule has 2 rings (SSSR count). The van der Waals surface area contributed by atoms with Gasteiger partial charge >= 0.3 is 6.09 Å². The minimum atomic E-state index is -0.840. The third kappa shape index (κ3) is 2.99. The Morgan fingerprint density at radius 2 is 1.90 bits per heavy atom. The number of nitrogens with zero attached hydrogens (tertiary/aromatic N) is 1. The first-order valence-corrected chi connectivity index (χ1v) is 7.67. The van der Waals surface area contributed by atoms with Crippen LogP contribution < -0.4 is 5.73 Å². The molecule has 4 nitrogen and oxygen atoms in total. The largest absolute Gasteiger partial charge is 0.428 e. The van der Waals surface area contributed by atoms with E-state index in [2.05, 4.69) is 15.9 Å². The zero-order valence-electron chi connectivity index (χ0n) is 12.1. The molecule has 0 saturated carbocycles. The molecule has 20 heavy (non-hydrogen) atoms. The summed E-state index contributed by atoms with van der Waals surface area (Å²) in [6, 6.07) is 7.95. The standard InChI is InChI=1S/C15H21BrN2O2/c1-10(2)15(17)8-9-18(14(19)20-15)11(3)12-4-6-13(16)7-5-12/h4-7,10-11H,8-9,17H2,1-3H3/t11-,15-/m0/s1. The SMILES string of the molecule is CC(C)[C@]1(N)CCN([C@@H](C)c2ccc(Br)cc2)C(=O)O1. The molecule has 1 saturated heterocycles. The van der Waals surface area contributed by atoms with Gasteiger partial charge in [-0.2, -0.15) is 0 Å². The van der Waals surface area contributed by atoms with E-state index in [0.717, 1.165) is 10.0 Å². The number of hydrogen-bond acceptors (Lipinski definition) is 3. The van der Waals surface area contributed by atoms with Crippen LogP contribution in [0.2, 0.25) is 0 Å². The Labute approximate surface area is 128 Å². The summed E-state index contributed by atoms with van der Waals surface area (Å²) in [6.07, 6.45) is 0.319. The molecule has 1 heterocycles. The average Bonchev–Trinajstić information content (AvgIpc) is 2.39. The van der Waals surface area contributed by atoms with Crippen LogP contribution in [0.25, 0.3) is 0 Å². The Balaban J connectivity index is 2.11. The number of carbonyl (C=O) groups is 1. The lowest BCUT2D eigenvalue weighted by Crippen LogP contribution is -2.58. The fourth-order valence-corrected chi connectivity index (χ4v) is 2.60. The molecule has 1 fully saturated rings. The molecule has 1 aromatic carbocycles. The lowest BCUT2D eigenvalue weighted by molar-refractivity contribution is -0.0786. The van der Waals surface area contributed by atoms with Gasteiger partial charge in [-0.1, -0.05) is 41.9 Å². The van der Waals surface area contributed by atoms with Crippen LogP contribution >= 0.6 is 15.9 Å². The molecule has 0 radical (unpaired) electrons. The zero-order chi connectivity index (χ0) is 14.9. The fourth-order valence-electron chi connectivity index (χ4n) is 2.34. The highest BCUT2D eigenvalue weighted by atomic mass is 79.9. The van der Waals surface area contributed by atoms with Gasteiger partial charge in [0.15, 0.2) is 5.72 Å².